The number of carbonyl (C=O) groups is 2. The second-order valence-corrected chi connectivity index (χ2v) is 5.69. The van der Waals surface area contributed by atoms with Gasteiger partial charge in [-0.1, -0.05) is 37.6 Å². The van der Waals surface area contributed by atoms with Crippen LogP contribution in [0.5, 0.6) is 5.75 Å². The predicted molar refractivity (Wildman–Crippen MR) is 100 cm³/mol. The van der Waals surface area contributed by atoms with Crippen molar-refractivity contribution in [3.05, 3.63) is 59.7 Å². The molecule has 0 aliphatic heterocycles. The lowest BCUT2D eigenvalue weighted by Gasteiger charge is -2.12. The third-order valence-corrected chi connectivity index (χ3v) is 3.71. The first-order valence-corrected chi connectivity index (χ1v) is 8.58. The normalized spacial score (nSPS) is 10.1. The summed E-state index contributed by atoms with van der Waals surface area (Å²) in [7, 11) is 1.59. The Kier molecular flexibility index (Phi) is 7.49. The van der Waals surface area contributed by atoms with Crippen molar-refractivity contribution in [2.45, 2.75) is 26.3 Å². The summed E-state index contributed by atoms with van der Waals surface area (Å²) < 4.78 is 10.4. The molecule has 26 heavy (non-hydrogen) atoms. The zero-order valence-corrected chi connectivity index (χ0v) is 15.1. The van der Waals surface area contributed by atoms with E-state index in [4.69, 9.17) is 9.47 Å². The van der Waals surface area contributed by atoms with Crippen LogP contribution in [0.2, 0.25) is 0 Å². The zero-order valence-electron chi connectivity index (χ0n) is 15.1. The molecule has 0 spiro atoms. The smallest absolute Gasteiger partial charge is 0.340 e. The molecule has 6 heteroatoms. The molecule has 0 atom stereocenters. The van der Waals surface area contributed by atoms with Gasteiger partial charge >= 0.3 is 12.0 Å². The van der Waals surface area contributed by atoms with Crippen LogP contribution in [0.1, 0.15) is 35.7 Å². The first-order chi connectivity index (χ1) is 12.6. The standard InChI is InChI=1S/C20H24N2O4/c1-3-4-12-26-19(23)17-10-5-6-11-18(17)22-20(24)21-14-15-8-7-9-16(13-15)25-2/h5-11,13H,3-4,12,14H2,1-2H3,(H2,21,22,24). The highest BCUT2D eigenvalue weighted by molar-refractivity contribution is 6.00. The molecule has 0 heterocycles. The summed E-state index contributed by atoms with van der Waals surface area (Å²) in [5, 5.41) is 5.46. The summed E-state index contributed by atoms with van der Waals surface area (Å²) in [6, 6.07) is 13.8. The van der Waals surface area contributed by atoms with Gasteiger partial charge in [0.25, 0.3) is 0 Å². The lowest BCUT2D eigenvalue weighted by atomic mass is 10.2. The van der Waals surface area contributed by atoms with Crippen LogP contribution in [-0.4, -0.2) is 25.7 Å². The molecule has 0 aliphatic carbocycles. The van der Waals surface area contributed by atoms with Crippen LogP contribution in [0.3, 0.4) is 0 Å². The number of amides is 2. The molecule has 0 aromatic heterocycles. The van der Waals surface area contributed by atoms with E-state index in [1.165, 1.54) is 0 Å². The van der Waals surface area contributed by atoms with Gasteiger partial charge in [-0.2, -0.15) is 0 Å². The van der Waals surface area contributed by atoms with E-state index in [0.29, 0.717) is 24.4 Å². The number of unbranched alkanes of at least 4 members (excludes halogenated alkanes) is 1. The fourth-order valence-electron chi connectivity index (χ4n) is 2.29. The Labute approximate surface area is 153 Å². The van der Waals surface area contributed by atoms with E-state index in [0.717, 1.165) is 24.2 Å². The summed E-state index contributed by atoms with van der Waals surface area (Å²) >= 11 is 0. The molecule has 0 saturated heterocycles. The Bertz CT molecular complexity index is 746. The molecule has 0 saturated carbocycles. The van der Waals surface area contributed by atoms with E-state index in [1.807, 2.05) is 31.2 Å². The maximum absolute atomic E-state index is 12.2. The van der Waals surface area contributed by atoms with Crippen molar-refractivity contribution in [2.24, 2.45) is 0 Å². The van der Waals surface area contributed by atoms with Crippen molar-refractivity contribution in [1.29, 1.82) is 0 Å². The summed E-state index contributed by atoms with van der Waals surface area (Å²) in [5.74, 6) is 0.284. The maximum Gasteiger partial charge on any atom is 0.340 e. The SMILES string of the molecule is CCCCOC(=O)c1ccccc1NC(=O)NCc1cccc(OC)c1. The van der Waals surface area contributed by atoms with E-state index in [2.05, 4.69) is 10.6 Å². The lowest BCUT2D eigenvalue weighted by Crippen LogP contribution is -2.29. The largest absolute Gasteiger partial charge is 0.497 e. The minimum Gasteiger partial charge on any atom is -0.497 e. The van der Waals surface area contributed by atoms with Crippen molar-refractivity contribution in [3.8, 4) is 5.75 Å². The molecule has 0 fully saturated rings. The van der Waals surface area contributed by atoms with E-state index in [9.17, 15) is 9.59 Å². The predicted octanol–water partition coefficient (Wildman–Crippen LogP) is 3.97. The van der Waals surface area contributed by atoms with Gasteiger partial charge < -0.3 is 20.1 Å². The molecule has 2 aromatic rings. The molecule has 2 amide bonds. The van der Waals surface area contributed by atoms with Crippen LogP contribution in [0.4, 0.5) is 10.5 Å². The monoisotopic (exact) mass is 356 g/mol. The van der Waals surface area contributed by atoms with Crippen LogP contribution in [-0.2, 0) is 11.3 Å². The van der Waals surface area contributed by atoms with Gasteiger partial charge in [0.2, 0.25) is 0 Å². The highest BCUT2D eigenvalue weighted by atomic mass is 16.5. The van der Waals surface area contributed by atoms with Crippen molar-refractivity contribution in [1.82, 2.24) is 5.32 Å². The number of urea groups is 1. The molecular weight excluding hydrogens is 332 g/mol. The third kappa shape index (κ3) is 5.81. The molecule has 0 aliphatic rings. The summed E-state index contributed by atoms with van der Waals surface area (Å²) in [5.41, 5.74) is 1.66. The van der Waals surface area contributed by atoms with E-state index >= 15 is 0 Å². The number of hydrogen-bond donors (Lipinski definition) is 2. The Morgan fingerprint density at radius 3 is 2.65 bits per heavy atom. The second-order valence-electron chi connectivity index (χ2n) is 5.69. The molecular formula is C20H24N2O4. The van der Waals surface area contributed by atoms with Gasteiger partial charge in [0, 0.05) is 6.54 Å². The summed E-state index contributed by atoms with van der Waals surface area (Å²) in [6.07, 6.45) is 1.75. The average Bonchev–Trinajstić information content (AvgIpc) is 2.67. The van der Waals surface area contributed by atoms with Gasteiger partial charge in [0.1, 0.15) is 5.75 Å². The number of anilines is 1. The van der Waals surface area contributed by atoms with Crippen LogP contribution in [0, 0.1) is 0 Å². The number of methoxy groups -OCH3 is 1. The second kappa shape index (κ2) is 10.1. The number of rotatable bonds is 8. The van der Waals surface area contributed by atoms with Crippen LogP contribution in [0.25, 0.3) is 0 Å². The Hall–Kier alpha value is -3.02. The molecule has 2 aromatic carbocycles. The number of ether oxygens (including phenoxy) is 2. The fourth-order valence-corrected chi connectivity index (χ4v) is 2.29. The molecule has 0 bridgehead atoms. The minimum absolute atomic E-state index is 0.333. The van der Waals surface area contributed by atoms with Crippen molar-refractivity contribution < 1.29 is 19.1 Å². The number of nitrogens with one attached hydrogen (secondary N) is 2. The molecule has 6 nitrogen and oxygen atoms in total. The van der Waals surface area contributed by atoms with Crippen LogP contribution < -0.4 is 15.4 Å². The highest BCUT2D eigenvalue weighted by Gasteiger charge is 2.14. The van der Waals surface area contributed by atoms with Crippen molar-refractivity contribution in [2.75, 3.05) is 19.0 Å². The first-order valence-electron chi connectivity index (χ1n) is 8.58. The van der Waals surface area contributed by atoms with Gasteiger partial charge in [-0.05, 0) is 36.2 Å². The van der Waals surface area contributed by atoms with Gasteiger partial charge in [0.15, 0.2) is 0 Å². The molecule has 138 valence electrons. The Balaban J connectivity index is 1.95. The van der Waals surface area contributed by atoms with Gasteiger partial charge in [-0.15, -0.1) is 0 Å². The van der Waals surface area contributed by atoms with Gasteiger partial charge in [-0.3, -0.25) is 0 Å². The average molecular weight is 356 g/mol. The van der Waals surface area contributed by atoms with E-state index in [1.54, 1.807) is 31.4 Å². The molecule has 2 N–H and O–H groups in total. The van der Waals surface area contributed by atoms with E-state index < -0.39 is 12.0 Å². The van der Waals surface area contributed by atoms with Crippen molar-refractivity contribution in [3.63, 3.8) is 0 Å². The molecule has 0 radical (unpaired) electrons. The summed E-state index contributed by atoms with van der Waals surface area (Å²) in [4.78, 5) is 24.3. The Morgan fingerprint density at radius 1 is 1.08 bits per heavy atom. The number of esters is 1. The number of hydrogen-bond acceptors (Lipinski definition) is 4. The van der Waals surface area contributed by atoms with Crippen molar-refractivity contribution >= 4 is 17.7 Å². The number of carbonyl (C=O) groups excluding carboxylic acids is 2. The number of benzene rings is 2. The maximum atomic E-state index is 12.2. The van der Waals surface area contributed by atoms with Gasteiger partial charge in [0.05, 0.1) is 25.0 Å². The number of para-hydroxylation sites is 1. The minimum atomic E-state index is -0.442. The zero-order chi connectivity index (χ0) is 18.8. The van der Waals surface area contributed by atoms with E-state index in [-0.39, 0.29) is 0 Å². The topological polar surface area (TPSA) is 76.7 Å². The van der Waals surface area contributed by atoms with Gasteiger partial charge in [-0.25, -0.2) is 9.59 Å². The Morgan fingerprint density at radius 2 is 1.88 bits per heavy atom. The van der Waals surface area contributed by atoms with Crippen LogP contribution >= 0.6 is 0 Å². The third-order valence-electron chi connectivity index (χ3n) is 3.71. The first kappa shape index (κ1) is 19.3. The van der Waals surface area contributed by atoms with Crippen LogP contribution in [0.15, 0.2) is 48.5 Å². The lowest BCUT2D eigenvalue weighted by molar-refractivity contribution is 0.0501. The quantitative estimate of drug-likeness (QED) is 0.554. The molecule has 0 unspecified atom stereocenters. The highest BCUT2D eigenvalue weighted by Crippen LogP contribution is 2.17. The summed E-state index contributed by atoms with van der Waals surface area (Å²) in [6.45, 7) is 2.73. The fraction of sp³-hybridized carbons (Fsp3) is 0.300. The molecule has 2 rings (SSSR count).